The van der Waals surface area contributed by atoms with E-state index in [4.69, 9.17) is 17.3 Å². The van der Waals surface area contributed by atoms with Crippen LogP contribution in [0.1, 0.15) is 17.2 Å². The van der Waals surface area contributed by atoms with Crippen LogP contribution in [0.15, 0.2) is 36.7 Å². The smallest absolute Gasteiger partial charge is 0.131 e. The second-order valence-electron chi connectivity index (χ2n) is 3.54. The van der Waals surface area contributed by atoms with Crippen LogP contribution in [-0.4, -0.2) is 4.98 Å². The first-order chi connectivity index (χ1) is 8.09. The fourth-order valence-electron chi connectivity index (χ4n) is 1.56. The molecule has 5 heteroatoms. The Morgan fingerprint density at radius 1 is 1.18 bits per heavy atom. The van der Waals surface area contributed by atoms with Gasteiger partial charge in [-0.05, 0) is 17.7 Å². The minimum atomic E-state index is -0.744. The lowest BCUT2D eigenvalue weighted by Crippen LogP contribution is -2.14. The maximum Gasteiger partial charge on any atom is 0.131 e. The highest BCUT2D eigenvalue weighted by Crippen LogP contribution is 2.27. The second kappa shape index (κ2) is 4.77. The molecule has 0 saturated heterocycles. The zero-order valence-corrected chi connectivity index (χ0v) is 9.46. The summed E-state index contributed by atoms with van der Waals surface area (Å²) in [6.07, 6.45) is 2.95. The van der Waals surface area contributed by atoms with E-state index in [1.54, 1.807) is 6.07 Å². The van der Waals surface area contributed by atoms with Crippen LogP contribution in [0, 0.1) is 11.6 Å². The average molecular weight is 255 g/mol. The van der Waals surface area contributed by atoms with E-state index in [2.05, 4.69) is 4.98 Å². The van der Waals surface area contributed by atoms with Crippen molar-refractivity contribution in [1.82, 2.24) is 4.98 Å². The molecule has 0 radical (unpaired) electrons. The first kappa shape index (κ1) is 12.0. The zero-order chi connectivity index (χ0) is 12.4. The molecule has 1 atom stereocenters. The minimum absolute atomic E-state index is 0.194. The molecule has 2 N–H and O–H groups in total. The van der Waals surface area contributed by atoms with Gasteiger partial charge in [0.25, 0.3) is 0 Å². The lowest BCUT2D eigenvalue weighted by Gasteiger charge is -2.14. The molecule has 0 fully saturated rings. The molecule has 0 amide bonds. The number of pyridine rings is 1. The van der Waals surface area contributed by atoms with E-state index in [0.29, 0.717) is 10.6 Å². The quantitative estimate of drug-likeness (QED) is 0.895. The summed E-state index contributed by atoms with van der Waals surface area (Å²) in [7, 11) is 0. The number of nitrogens with two attached hydrogens (primary N) is 1. The lowest BCUT2D eigenvalue weighted by atomic mass is 10.00. The maximum absolute atomic E-state index is 13.5. The van der Waals surface area contributed by atoms with Gasteiger partial charge in [0.2, 0.25) is 0 Å². The number of nitrogens with zero attached hydrogens (tertiary/aromatic N) is 1. The molecule has 0 aliphatic carbocycles. The molecular weight excluding hydrogens is 246 g/mol. The number of rotatable bonds is 2. The zero-order valence-electron chi connectivity index (χ0n) is 8.70. The SMILES string of the molecule is NC(c1ccc(F)cc1F)c1ccncc1Cl. The first-order valence-electron chi connectivity index (χ1n) is 4.89. The van der Waals surface area contributed by atoms with Gasteiger partial charge in [0.15, 0.2) is 0 Å². The van der Waals surface area contributed by atoms with E-state index in [1.165, 1.54) is 18.5 Å². The second-order valence-corrected chi connectivity index (χ2v) is 3.95. The Morgan fingerprint density at radius 3 is 2.59 bits per heavy atom. The van der Waals surface area contributed by atoms with Crippen molar-refractivity contribution in [2.75, 3.05) is 0 Å². The highest BCUT2D eigenvalue weighted by Gasteiger charge is 2.16. The normalized spacial score (nSPS) is 12.5. The van der Waals surface area contributed by atoms with Crippen molar-refractivity contribution in [2.24, 2.45) is 5.73 Å². The third-order valence-corrected chi connectivity index (χ3v) is 2.75. The summed E-state index contributed by atoms with van der Waals surface area (Å²) in [6.45, 7) is 0. The number of halogens is 3. The molecule has 88 valence electrons. The van der Waals surface area contributed by atoms with Gasteiger partial charge in [0.05, 0.1) is 11.1 Å². The summed E-state index contributed by atoms with van der Waals surface area (Å²) >= 11 is 5.91. The Kier molecular flexibility index (Phi) is 3.36. The predicted molar refractivity (Wildman–Crippen MR) is 61.6 cm³/mol. The van der Waals surface area contributed by atoms with Crippen molar-refractivity contribution < 1.29 is 8.78 Å². The van der Waals surface area contributed by atoms with Gasteiger partial charge < -0.3 is 5.73 Å². The Morgan fingerprint density at radius 2 is 1.94 bits per heavy atom. The molecule has 0 saturated carbocycles. The monoisotopic (exact) mass is 254 g/mol. The molecule has 1 aromatic carbocycles. The number of aromatic nitrogens is 1. The van der Waals surface area contributed by atoms with E-state index in [1.807, 2.05) is 0 Å². The van der Waals surface area contributed by atoms with Crippen molar-refractivity contribution >= 4 is 11.6 Å². The summed E-state index contributed by atoms with van der Waals surface area (Å²) < 4.78 is 26.3. The summed E-state index contributed by atoms with van der Waals surface area (Å²) in [4.78, 5) is 3.82. The highest BCUT2D eigenvalue weighted by molar-refractivity contribution is 6.31. The number of hydrogen-bond donors (Lipinski definition) is 1. The topological polar surface area (TPSA) is 38.9 Å². The fraction of sp³-hybridized carbons (Fsp3) is 0.0833. The van der Waals surface area contributed by atoms with Gasteiger partial charge in [-0.1, -0.05) is 17.7 Å². The van der Waals surface area contributed by atoms with E-state index in [0.717, 1.165) is 12.1 Å². The van der Waals surface area contributed by atoms with Gasteiger partial charge in [0, 0.05) is 24.0 Å². The highest BCUT2D eigenvalue weighted by atomic mass is 35.5. The molecular formula is C12H9ClF2N2. The third-order valence-electron chi connectivity index (χ3n) is 2.44. The fourth-order valence-corrected chi connectivity index (χ4v) is 1.80. The van der Waals surface area contributed by atoms with Crippen LogP contribution in [0.2, 0.25) is 5.02 Å². The Hall–Kier alpha value is -1.52. The van der Waals surface area contributed by atoms with Crippen molar-refractivity contribution in [2.45, 2.75) is 6.04 Å². The largest absolute Gasteiger partial charge is 0.320 e. The van der Waals surface area contributed by atoms with Gasteiger partial charge >= 0.3 is 0 Å². The van der Waals surface area contributed by atoms with Crippen molar-refractivity contribution in [3.63, 3.8) is 0 Å². The molecule has 1 aromatic heterocycles. The molecule has 0 aliphatic rings. The van der Waals surface area contributed by atoms with Crippen LogP contribution in [0.25, 0.3) is 0 Å². The summed E-state index contributed by atoms with van der Waals surface area (Å²) in [5, 5.41) is 0.351. The minimum Gasteiger partial charge on any atom is -0.320 e. The molecule has 0 bridgehead atoms. The first-order valence-corrected chi connectivity index (χ1v) is 5.27. The number of hydrogen-bond acceptors (Lipinski definition) is 2. The van der Waals surface area contributed by atoms with Crippen LogP contribution >= 0.6 is 11.6 Å². The third kappa shape index (κ3) is 2.43. The van der Waals surface area contributed by atoms with Crippen LogP contribution in [0.3, 0.4) is 0 Å². The Balaban J connectivity index is 2.44. The van der Waals surface area contributed by atoms with Crippen LogP contribution in [0.5, 0.6) is 0 Å². The lowest BCUT2D eigenvalue weighted by molar-refractivity contribution is 0.566. The van der Waals surface area contributed by atoms with Gasteiger partial charge in [-0.3, -0.25) is 4.98 Å². The van der Waals surface area contributed by atoms with Gasteiger partial charge in [-0.2, -0.15) is 0 Å². The van der Waals surface area contributed by atoms with Gasteiger partial charge in [-0.15, -0.1) is 0 Å². The number of benzene rings is 1. The molecule has 1 unspecified atom stereocenters. The Labute approximate surface area is 102 Å². The average Bonchev–Trinajstić information content (AvgIpc) is 2.29. The summed E-state index contributed by atoms with van der Waals surface area (Å²) in [5.41, 5.74) is 6.64. The van der Waals surface area contributed by atoms with Crippen molar-refractivity contribution in [3.05, 3.63) is 64.4 Å². The van der Waals surface area contributed by atoms with E-state index in [-0.39, 0.29) is 5.56 Å². The van der Waals surface area contributed by atoms with E-state index in [9.17, 15) is 8.78 Å². The van der Waals surface area contributed by atoms with E-state index >= 15 is 0 Å². The maximum atomic E-state index is 13.5. The standard InChI is InChI=1S/C12H9ClF2N2/c13-10-6-17-4-3-8(10)12(16)9-2-1-7(14)5-11(9)15/h1-6,12H,16H2. The molecule has 0 spiro atoms. The van der Waals surface area contributed by atoms with Crippen LogP contribution < -0.4 is 5.73 Å². The molecule has 0 aliphatic heterocycles. The molecule has 2 nitrogen and oxygen atoms in total. The predicted octanol–water partition coefficient (Wildman–Crippen LogP) is 3.06. The summed E-state index contributed by atoms with van der Waals surface area (Å²) in [6, 6.07) is 4.13. The van der Waals surface area contributed by atoms with Crippen molar-refractivity contribution in [3.8, 4) is 0 Å². The van der Waals surface area contributed by atoms with Crippen LogP contribution in [-0.2, 0) is 0 Å². The molecule has 2 rings (SSSR count). The molecule has 2 aromatic rings. The molecule has 17 heavy (non-hydrogen) atoms. The van der Waals surface area contributed by atoms with Crippen LogP contribution in [0.4, 0.5) is 8.78 Å². The van der Waals surface area contributed by atoms with Crippen molar-refractivity contribution in [1.29, 1.82) is 0 Å². The van der Waals surface area contributed by atoms with Gasteiger partial charge in [0.1, 0.15) is 11.6 Å². The van der Waals surface area contributed by atoms with E-state index < -0.39 is 17.7 Å². The molecule has 1 heterocycles. The van der Waals surface area contributed by atoms with Gasteiger partial charge in [-0.25, -0.2) is 8.78 Å². The summed E-state index contributed by atoms with van der Waals surface area (Å²) in [5.74, 6) is -1.33. The Bertz CT molecular complexity index is 546.